The Kier molecular flexibility index (Phi) is 7.84. The van der Waals surface area contributed by atoms with Crippen LogP contribution >= 0.6 is 22.9 Å². The molecule has 0 radical (unpaired) electrons. The lowest BCUT2D eigenvalue weighted by Crippen LogP contribution is -2.27. The largest absolute Gasteiger partial charge is 0.488 e. The zero-order valence-corrected chi connectivity index (χ0v) is 17.9. The second-order valence-corrected chi connectivity index (χ2v) is 7.73. The van der Waals surface area contributed by atoms with Crippen LogP contribution in [-0.4, -0.2) is 32.1 Å². The van der Waals surface area contributed by atoms with Crippen molar-refractivity contribution in [2.75, 3.05) is 25.6 Å². The molecule has 0 spiro atoms. The predicted octanol–water partition coefficient (Wildman–Crippen LogP) is 4.61. The summed E-state index contributed by atoms with van der Waals surface area (Å²) in [5.74, 6) is 0.00705. The van der Waals surface area contributed by atoms with E-state index in [2.05, 4.69) is 10.6 Å². The molecule has 2 amide bonds. The van der Waals surface area contributed by atoms with Crippen LogP contribution in [0.15, 0.2) is 60.0 Å². The Morgan fingerprint density at radius 2 is 1.93 bits per heavy atom. The van der Waals surface area contributed by atoms with E-state index < -0.39 is 0 Å². The predicted molar refractivity (Wildman–Crippen MR) is 119 cm³/mol. The average Bonchev–Trinajstić information content (AvgIpc) is 3.26. The Bertz CT molecular complexity index is 1010. The van der Waals surface area contributed by atoms with E-state index in [-0.39, 0.29) is 16.8 Å². The molecule has 1 aromatic heterocycles. The number of hydrogen-bond donors (Lipinski definition) is 2. The summed E-state index contributed by atoms with van der Waals surface area (Å²) in [4.78, 5) is 25.8. The van der Waals surface area contributed by atoms with Crippen LogP contribution in [0.4, 0.5) is 5.69 Å². The summed E-state index contributed by atoms with van der Waals surface area (Å²) in [5, 5.41) is 7.73. The van der Waals surface area contributed by atoms with Gasteiger partial charge in [-0.05, 0) is 47.8 Å². The Hall–Kier alpha value is -2.87. The lowest BCUT2D eigenvalue weighted by atomic mass is 10.1. The van der Waals surface area contributed by atoms with Crippen LogP contribution < -0.4 is 15.4 Å². The third-order valence-electron chi connectivity index (χ3n) is 4.12. The van der Waals surface area contributed by atoms with Gasteiger partial charge in [-0.15, -0.1) is 11.3 Å². The first-order chi connectivity index (χ1) is 14.6. The highest BCUT2D eigenvalue weighted by atomic mass is 35.5. The van der Waals surface area contributed by atoms with Crippen molar-refractivity contribution in [3.8, 4) is 5.75 Å². The molecule has 2 aromatic carbocycles. The summed E-state index contributed by atoms with van der Waals surface area (Å²) in [6.45, 7) is 1.24. The second-order valence-electron chi connectivity index (χ2n) is 6.29. The quantitative estimate of drug-likeness (QED) is 0.472. The molecule has 3 aromatic rings. The average molecular weight is 445 g/mol. The normalized spacial score (nSPS) is 10.5. The van der Waals surface area contributed by atoms with E-state index in [0.29, 0.717) is 42.3 Å². The Morgan fingerprint density at radius 1 is 1.07 bits per heavy atom. The van der Waals surface area contributed by atoms with Crippen LogP contribution in [0.3, 0.4) is 0 Å². The number of hydrogen-bond acceptors (Lipinski definition) is 5. The van der Waals surface area contributed by atoms with Crippen molar-refractivity contribution in [2.45, 2.75) is 6.61 Å². The number of carbonyl (C=O) groups excluding carboxylic acids is 2. The van der Waals surface area contributed by atoms with Crippen LogP contribution in [0.25, 0.3) is 0 Å². The highest BCUT2D eigenvalue weighted by molar-refractivity contribution is 7.09. The van der Waals surface area contributed by atoms with Gasteiger partial charge >= 0.3 is 0 Å². The van der Waals surface area contributed by atoms with E-state index in [9.17, 15) is 9.59 Å². The zero-order valence-electron chi connectivity index (χ0n) is 16.3. The minimum absolute atomic E-state index is 0.246. The van der Waals surface area contributed by atoms with E-state index in [1.54, 1.807) is 60.9 Å². The van der Waals surface area contributed by atoms with Crippen molar-refractivity contribution in [1.29, 1.82) is 0 Å². The molecule has 0 aliphatic rings. The van der Waals surface area contributed by atoms with Crippen LogP contribution in [0.5, 0.6) is 5.75 Å². The standard InChI is InChI=1S/C22H21ClN2O4S/c1-28-10-9-24-22(27)19-8-7-16(13-20(19)23)25-21(26)15-4-2-5-17(12-15)29-14-18-6-3-11-30-18/h2-8,11-13H,9-10,14H2,1H3,(H,24,27)(H,25,26). The topological polar surface area (TPSA) is 76.7 Å². The van der Waals surface area contributed by atoms with E-state index in [0.717, 1.165) is 4.88 Å². The third kappa shape index (κ3) is 6.06. The van der Waals surface area contributed by atoms with Gasteiger partial charge in [-0.25, -0.2) is 0 Å². The summed E-state index contributed by atoms with van der Waals surface area (Å²) in [5.41, 5.74) is 1.27. The third-order valence-corrected chi connectivity index (χ3v) is 5.28. The van der Waals surface area contributed by atoms with Crippen molar-refractivity contribution in [2.24, 2.45) is 0 Å². The molecule has 0 fully saturated rings. The van der Waals surface area contributed by atoms with Crippen LogP contribution in [0.2, 0.25) is 5.02 Å². The first kappa shape index (κ1) is 21.8. The molecule has 0 bridgehead atoms. The minimum Gasteiger partial charge on any atom is -0.488 e. The van der Waals surface area contributed by atoms with Gasteiger partial charge in [-0.1, -0.05) is 23.7 Å². The Morgan fingerprint density at radius 3 is 2.67 bits per heavy atom. The maximum Gasteiger partial charge on any atom is 0.255 e. The SMILES string of the molecule is COCCNC(=O)c1ccc(NC(=O)c2cccc(OCc3cccs3)c2)cc1Cl. The van der Waals surface area contributed by atoms with E-state index in [4.69, 9.17) is 21.1 Å². The summed E-state index contributed by atoms with van der Waals surface area (Å²) in [7, 11) is 1.56. The summed E-state index contributed by atoms with van der Waals surface area (Å²) in [6, 6.07) is 15.7. The molecule has 0 saturated carbocycles. The van der Waals surface area contributed by atoms with Gasteiger partial charge in [-0.3, -0.25) is 9.59 Å². The number of amides is 2. The lowest BCUT2D eigenvalue weighted by Gasteiger charge is -2.10. The number of benzene rings is 2. The fourth-order valence-corrected chi connectivity index (χ4v) is 3.50. The molecular weight excluding hydrogens is 424 g/mol. The molecule has 0 unspecified atom stereocenters. The maximum atomic E-state index is 12.6. The van der Waals surface area contributed by atoms with Gasteiger partial charge in [0.25, 0.3) is 11.8 Å². The number of halogens is 1. The van der Waals surface area contributed by atoms with Gasteiger partial charge in [0.15, 0.2) is 0 Å². The highest BCUT2D eigenvalue weighted by Gasteiger charge is 2.13. The number of anilines is 1. The Labute approximate surface area is 183 Å². The molecule has 0 aliphatic carbocycles. The molecule has 0 saturated heterocycles. The molecular formula is C22H21ClN2O4S. The summed E-state index contributed by atoms with van der Waals surface area (Å²) >= 11 is 7.83. The molecule has 3 rings (SSSR count). The smallest absolute Gasteiger partial charge is 0.255 e. The highest BCUT2D eigenvalue weighted by Crippen LogP contribution is 2.22. The van der Waals surface area contributed by atoms with Crippen molar-refractivity contribution >= 4 is 40.4 Å². The fraction of sp³-hybridized carbons (Fsp3) is 0.182. The van der Waals surface area contributed by atoms with Crippen LogP contribution in [0, 0.1) is 0 Å². The minimum atomic E-state index is -0.301. The maximum absolute atomic E-state index is 12.6. The molecule has 156 valence electrons. The number of ether oxygens (including phenoxy) is 2. The van der Waals surface area contributed by atoms with Crippen molar-refractivity contribution < 1.29 is 19.1 Å². The zero-order chi connectivity index (χ0) is 21.3. The molecule has 6 nitrogen and oxygen atoms in total. The van der Waals surface area contributed by atoms with E-state index in [1.807, 2.05) is 17.5 Å². The lowest BCUT2D eigenvalue weighted by molar-refractivity contribution is 0.0937. The number of rotatable bonds is 9. The first-order valence-corrected chi connectivity index (χ1v) is 10.5. The number of methoxy groups -OCH3 is 1. The second kappa shape index (κ2) is 10.8. The molecule has 2 N–H and O–H groups in total. The van der Waals surface area contributed by atoms with Gasteiger partial charge in [0, 0.05) is 29.8 Å². The van der Waals surface area contributed by atoms with Gasteiger partial charge in [0.1, 0.15) is 12.4 Å². The number of thiophene rings is 1. The molecule has 0 atom stereocenters. The summed E-state index contributed by atoms with van der Waals surface area (Å²) < 4.78 is 10.7. The van der Waals surface area contributed by atoms with Gasteiger partial charge < -0.3 is 20.1 Å². The monoisotopic (exact) mass is 444 g/mol. The molecule has 8 heteroatoms. The van der Waals surface area contributed by atoms with Gasteiger partial charge in [-0.2, -0.15) is 0 Å². The number of carbonyl (C=O) groups is 2. The van der Waals surface area contributed by atoms with Crippen LogP contribution in [-0.2, 0) is 11.3 Å². The van der Waals surface area contributed by atoms with Crippen molar-refractivity contribution in [3.05, 3.63) is 81.0 Å². The molecule has 30 heavy (non-hydrogen) atoms. The van der Waals surface area contributed by atoms with E-state index >= 15 is 0 Å². The molecule has 0 aliphatic heterocycles. The fourth-order valence-electron chi connectivity index (χ4n) is 2.62. The van der Waals surface area contributed by atoms with Gasteiger partial charge in [0.2, 0.25) is 0 Å². The van der Waals surface area contributed by atoms with Gasteiger partial charge in [0.05, 0.1) is 17.2 Å². The molecule has 1 heterocycles. The van der Waals surface area contributed by atoms with Crippen molar-refractivity contribution in [1.82, 2.24) is 5.32 Å². The number of nitrogens with one attached hydrogen (secondary N) is 2. The van der Waals surface area contributed by atoms with Crippen LogP contribution in [0.1, 0.15) is 25.6 Å². The van der Waals surface area contributed by atoms with Crippen molar-refractivity contribution in [3.63, 3.8) is 0 Å². The van der Waals surface area contributed by atoms with E-state index in [1.165, 1.54) is 0 Å². The Balaban J connectivity index is 1.62. The summed E-state index contributed by atoms with van der Waals surface area (Å²) in [6.07, 6.45) is 0. The first-order valence-electron chi connectivity index (χ1n) is 9.20.